The summed E-state index contributed by atoms with van der Waals surface area (Å²) < 4.78 is 0. The van der Waals surface area contributed by atoms with E-state index >= 15 is 0 Å². The van der Waals surface area contributed by atoms with Crippen molar-refractivity contribution in [3.05, 3.63) is 23.8 Å². The van der Waals surface area contributed by atoms with Gasteiger partial charge in [-0.3, -0.25) is 4.90 Å². The molecule has 0 amide bonds. The summed E-state index contributed by atoms with van der Waals surface area (Å²) in [5.74, 6) is 0. The van der Waals surface area contributed by atoms with Crippen LogP contribution in [-0.4, -0.2) is 30.2 Å². The minimum atomic E-state index is 0. The first-order valence-electron chi connectivity index (χ1n) is 4.56. The Morgan fingerprint density at radius 2 is 2.00 bits per heavy atom. The number of rotatable bonds is 4. The molecule has 5 N–H and O–H groups in total. The maximum absolute atomic E-state index is 8.74. The van der Waals surface area contributed by atoms with E-state index in [1.165, 1.54) is 0 Å². The predicted molar refractivity (Wildman–Crippen MR) is 65.9 cm³/mol. The second-order valence-corrected chi connectivity index (χ2v) is 3.42. The van der Waals surface area contributed by atoms with Gasteiger partial charge in [0.05, 0.1) is 6.61 Å². The number of aliphatic hydroxyl groups excluding tert-OH is 1. The topological polar surface area (TPSA) is 75.5 Å². The molecule has 1 aromatic carbocycles. The highest BCUT2D eigenvalue weighted by Gasteiger charge is 2.03. The summed E-state index contributed by atoms with van der Waals surface area (Å²) >= 11 is 0. The van der Waals surface area contributed by atoms with Crippen LogP contribution in [0.5, 0.6) is 0 Å². The van der Waals surface area contributed by atoms with Gasteiger partial charge in [0.2, 0.25) is 0 Å². The van der Waals surface area contributed by atoms with Gasteiger partial charge in [-0.05, 0) is 30.8 Å². The highest BCUT2D eigenvalue weighted by molar-refractivity contribution is 5.85. The Hall–Kier alpha value is -0.970. The molecule has 0 aliphatic heterocycles. The Morgan fingerprint density at radius 1 is 1.33 bits per heavy atom. The van der Waals surface area contributed by atoms with Crippen LogP contribution < -0.4 is 11.5 Å². The summed E-state index contributed by atoms with van der Waals surface area (Å²) in [7, 11) is 1.93. The fourth-order valence-corrected chi connectivity index (χ4v) is 1.30. The fraction of sp³-hybridized carbons (Fsp3) is 0.400. The quantitative estimate of drug-likeness (QED) is 0.667. The third-order valence-corrected chi connectivity index (χ3v) is 2.09. The van der Waals surface area contributed by atoms with Crippen molar-refractivity contribution in [2.24, 2.45) is 0 Å². The number of hydrogen-bond donors (Lipinski definition) is 3. The van der Waals surface area contributed by atoms with Crippen molar-refractivity contribution in [2.75, 3.05) is 31.7 Å². The van der Waals surface area contributed by atoms with E-state index in [-0.39, 0.29) is 19.0 Å². The van der Waals surface area contributed by atoms with Crippen LogP contribution >= 0.6 is 12.4 Å². The molecule has 0 aliphatic rings. The second-order valence-electron chi connectivity index (χ2n) is 3.42. The highest BCUT2D eigenvalue weighted by atomic mass is 35.5. The number of nitrogens with zero attached hydrogens (tertiary/aromatic N) is 1. The first kappa shape index (κ1) is 14.0. The lowest BCUT2D eigenvalue weighted by molar-refractivity contribution is 0.217. The van der Waals surface area contributed by atoms with Gasteiger partial charge in [-0.1, -0.05) is 0 Å². The van der Waals surface area contributed by atoms with Crippen LogP contribution in [0.25, 0.3) is 0 Å². The summed E-state index contributed by atoms with van der Waals surface area (Å²) in [5.41, 5.74) is 13.9. The van der Waals surface area contributed by atoms with E-state index in [1.54, 1.807) is 12.1 Å². The van der Waals surface area contributed by atoms with Crippen molar-refractivity contribution < 1.29 is 5.11 Å². The zero-order chi connectivity index (χ0) is 10.6. The van der Waals surface area contributed by atoms with E-state index in [1.807, 2.05) is 18.0 Å². The Labute approximate surface area is 96.3 Å². The molecule has 0 aromatic heterocycles. The molecular formula is C10H18ClN3O. The lowest BCUT2D eigenvalue weighted by Crippen LogP contribution is -2.22. The number of hydrogen-bond acceptors (Lipinski definition) is 4. The average molecular weight is 232 g/mol. The molecular weight excluding hydrogens is 214 g/mol. The van der Waals surface area contributed by atoms with E-state index in [0.717, 1.165) is 11.3 Å². The van der Waals surface area contributed by atoms with E-state index in [0.29, 0.717) is 18.8 Å². The van der Waals surface area contributed by atoms with E-state index in [2.05, 4.69) is 0 Å². The number of anilines is 2. The molecule has 0 bridgehead atoms. The lowest BCUT2D eigenvalue weighted by Gasteiger charge is -2.16. The van der Waals surface area contributed by atoms with Crippen molar-refractivity contribution in [1.82, 2.24) is 4.90 Å². The lowest BCUT2D eigenvalue weighted by atomic mass is 10.1. The van der Waals surface area contributed by atoms with Gasteiger partial charge in [0.15, 0.2) is 0 Å². The molecule has 15 heavy (non-hydrogen) atoms. The Kier molecular flexibility index (Phi) is 6.08. The van der Waals surface area contributed by atoms with Gasteiger partial charge in [-0.25, -0.2) is 0 Å². The van der Waals surface area contributed by atoms with Crippen molar-refractivity contribution in [3.8, 4) is 0 Å². The first-order chi connectivity index (χ1) is 6.63. The van der Waals surface area contributed by atoms with E-state index in [4.69, 9.17) is 16.6 Å². The molecule has 0 saturated carbocycles. The van der Waals surface area contributed by atoms with Crippen LogP contribution in [-0.2, 0) is 6.54 Å². The minimum absolute atomic E-state index is 0. The molecule has 0 saturated heterocycles. The largest absolute Gasteiger partial charge is 0.399 e. The number of nitrogen functional groups attached to an aromatic ring is 2. The predicted octanol–water partition coefficient (Wildman–Crippen LogP) is 0.697. The van der Waals surface area contributed by atoms with Crippen molar-refractivity contribution in [1.29, 1.82) is 0 Å². The fourth-order valence-electron chi connectivity index (χ4n) is 1.30. The summed E-state index contributed by atoms with van der Waals surface area (Å²) in [6, 6.07) is 5.45. The van der Waals surface area contributed by atoms with Crippen LogP contribution in [0, 0.1) is 0 Å². The summed E-state index contributed by atoms with van der Waals surface area (Å²) in [6.45, 7) is 1.49. The van der Waals surface area contributed by atoms with Crippen molar-refractivity contribution >= 4 is 23.8 Å². The van der Waals surface area contributed by atoms with E-state index < -0.39 is 0 Å². The van der Waals surface area contributed by atoms with Gasteiger partial charge in [-0.15, -0.1) is 12.4 Å². The number of likely N-dealkylation sites (N-methyl/N-ethyl adjacent to an activating group) is 1. The standard InChI is InChI=1S/C10H17N3O.ClH/c1-13(4-5-14)7-8-6-9(11)2-3-10(8)12;/h2-3,6,14H,4-5,7,11-12H2,1H3;1H. The molecule has 86 valence electrons. The normalized spacial score (nSPS) is 10.1. The Bertz CT molecular complexity index is 307. The van der Waals surface area contributed by atoms with Crippen LogP contribution in [0.2, 0.25) is 0 Å². The average Bonchev–Trinajstić information content (AvgIpc) is 2.12. The smallest absolute Gasteiger partial charge is 0.0558 e. The Morgan fingerprint density at radius 3 is 2.60 bits per heavy atom. The minimum Gasteiger partial charge on any atom is -0.399 e. The van der Waals surface area contributed by atoms with Gasteiger partial charge in [0.25, 0.3) is 0 Å². The second kappa shape index (κ2) is 6.50. The third-order valence-electron chi connectivity index (χ3n) is 2.09. The summed E-state index contributed by atoms with van der Waals surface area (Å²) in [6.07, 6.45) is 0. The van der Waals surface area contributed by atoms with Crippen LogP contribution in [0.1, 0.15) is 5.56 Å². The SMILES string of the molecule is CN(CCO)Cc1cc(N)ccc1N.Cl. The Balaban J connectivity index is 0.00000196. The summed E-state index contributed by atoms with van der Waals surface area (Å²) in [4.78, 5) is 1.99. The molecule has 0 heterocycles. The molecule has 0 fully saturated rings. The molecule has 0 radical (unpaired) electrons. The maximum Gasteiger partial charge on any atom is 0.0558 e. The van der Waals surface area contributed by atoms with Crippen LogP contribution in [0.3, 0.4) is 0 Å². The van der Waals surface area contributed by atoms with Crippen molar-refractivity contribution in [2.45, 2.75) is 6.54 Å². The van der Waals surface area contributed by atoms with E-state index in [9.17, 15) is 0 Å². The third kappa shape index (κ3) is 4.38. The number of halogens is 1. The number of benzene rings is 1. The zero-order valence-corrected chi connectivity index (χ0v) is 9.63. The molecule has 1 aromatic rings. The number of nitrogens with two attached hydrogens (primary N) is 2. The monoisotopic (exact) mass is 231 g/mol. The van der Waals surface area contributed by atoms with Gasteiger partial charge in [0, 0.05) is 24.5 Å². The van der Waals surface area contributed by atoms with Crippen molar-refractivity contribution in [3.63, 3.8) is 0 Å². The van der Waals surface area contributed by atoms with Gasteiger partial charge < -0.3 is 16.6 Å². The number of aliphatic hydroxyl groups is 1. The molecule has 5 heteroatoms. The first-order valence-corrected chi connectivity index (χ1v) is 4.56. The van der Waals surface area contributed by atoms with Crippen LogP contribution in [0.15, 0.2) is 18.2 Å². The molecule has 0 spiro atoms. The van der Waals surface area contributed by atoms with Crippen LogP contribution in [0.4, 0.5) is 11.4 Å². The zero-order valence-electron chi connectivity index (χ0n) is 8.81. The maximum atomic E-state index is 8.74. The van der Waals surface area contributed by atoms with Gasteiger partial charge >= 0.3 is 0 Å². The molecule has 0 atom stereocenters. The molecule has 1 rings (SSSR count). The molecule has 0 unspecified atom stereocenters. The molecule has 4 nitrogen and oxygen atoms in total. The molecule has 0 aliphatic carbocycles. The van der Waals surface area contributed by atoms with Gasteiger partial charge in [0.1, 0.15) is 0 Å². The summed E-state index contributed by atoms with van der Waals surface area (Å²) in [5, 5.41) is 8.74. The highest BCUT2D eigenvalue weighted by Crippen LogP contribution is 2.16. The van der Waals surface area contributed by atoms with Gasteiger partial charge in [-0.2, -0.15) is 0 Å².